The van der Waals surface area contributed by atoms with Gasteiger partial charge in [-0.3, -0.25) is 4.79 Å². The molecule has 1 saturated heterocycles. The highest BCUT2D eigenvalue weighted by Crippen LogP contribution is 2.23. The molecule has 0 radical (unpaired) electrons. The van der Waals surface area contributed by atoms with E-state index in [-0.39, 0.29) is 25.2 Å². The fraction of sp³-hybridized carbons (Fsp3) is 0.700. The molecule has 0 aromatic rings. The molecule has 8 heteroatoms. The number of likely N-dealkylation sites (tertiary alicyclic amines) is 1. The SMILES string of the molecule is CC1C(C(=O)O)CCN1C(=O)NCCNC(N)=O. The van der Waals surface area contributed by atoms with Gasteiger partial charge in [0.25, 0.3) is 0 Å². The molecule has 1 rings (SSSR count). The van der Waals surface area contributed by atoms with Crippen LogP contribution in [0.3, 0.4) is 0 Å². The molecule has 0 aromatic heterocycles. The Morgan fingerprint density at radius 1 is 1.33 bits per heavy atom. The quantitative estimate of drug-likeness (QED) is 0.490. The summed E-state index contributed by atoms with van der Waals surface area (Å²) in [6, 6.07) is -1.30. The van der Waals surface area contributed by atoms with Gasteiger partial charge in [0.05, 0.1) is 5.92 Å². The van der Waals surface area contributed by atoms with E-state index in [4.69, 9.17) is 10.8 Å². The molecule has 8 nitrogen and oxygen atoms in total. The average molecular weight is 258 g/mol. The summed E-state index contributed by atoms with van der Waals surface area (Å²) in [7, 11) is 0. The molecule has 0 aromatic carbocycles. The van der Waals surface area contributed by atoms with Gasteiger partial charge < -0.3 is 26.4 Å². The lowest BCUT2D eigenvalue weighted by molar-refractivity contribution is -0.142. The zero-order valence-corrected chi connectivity index (χ0v) is 10.2. The number of primary amides is 1. The van der Waals surface area contributed by atoms with Crippen LogP contribution in [-0.4, -0.2) is 53.7 Å². The monoisotopic (exact) mass is 258 g/mol. The third-order valence-electron chi connectivity index (χ3n) is 3.03. The van der Waals surface area contributed by atoms with Crippen LogP contribution in [-0.2, 0) is 4.79 Å². The normalized spacial score (nSPS) is 22.6. The summed E-state index contributed by atoms with van der Waals surface area (Å²) in [4.78, 5) is 34.5. The molecular weight excluding hydrogens is 240 g/mol. The van der Waals surface area contributed by atoms with Crippen LogP contribution in [0.25, 0.3) is 0 Å². The van der Waals surface area contributed by atoms with E-state index in [0.29, 0.717) is 13.0 Å². The molecule has 1 heterocycles. The number of carboxylic acid groups (broad SMARTS) is 1. The molecule has 2 atom stereocenters. The molecule has 18 heavy (non-hydrogen) atoms. The Kier molecular flexibility index (Phi) is 4.75. The van der Waals surface area contributed by atoms with Gasteiger partial charge in [-0.15, -0.1) is 0 Å². The van der Waals surface area contributed by atoms with Crippen molar-refractivity contribution in [3.8, 4) is 0 Å². The highest BCUT2D eigenvalue weighted by Gasteiger charge is 2.37. The summed E-state index contributed by atoms with van der Waals surface area (Å²) < 4.78 is 0. The fourth-order valence-corrected chi connectivity index (χ4v) is 2.01. The van der Waals surface area contributed by atoms with Gasteiger partial charge in [0.1, 0.15) is 0 Å². The minimum absolute atomic E-state index is 0.242. The molecule has 0 bridgehead atoms. The molecule has 4 amide bonds. The summed E-state index contributed by atoms with van der Waals surface area (Å²) >= 11 is 0. The maximum absolute atomic E-state index is 11.7. The lowest BCUT2D eigenvalue weighted by atomic mass is 10.0. The molecule has 0 saturated carbocycles. The number of carboxylic acids is 1. The van der Waals surface area contributed by atoms with Crippen LogP contribution >= 0.6 is 0 Å². The molecule has 1 fully saturated rings. The number of hydrogen-bond donors (Lipinski definition) is 4. The number of carbonyl (C=O) groups is 3. The smallest absolute Gasteiger partial charge is 0.317 e. The number of carbonyl (C=O) groups excluding carboxylic acids is 2. The lowest BCUT2D eigenvalue weighted by Gasteiger charge is -2.23. The van der Waals surface area contributed by atoms with Gasteiger partial charge in [-0.25, -0.2) is 9.59 Å². The Bertz CT molecular complexity index is 347. The van der Waals surface area contributed by atoms with Crippen molar-refractivity contribution in [3.63, 3.8) is 0 Å². The topological polar surface area (TPSA) is 125 Å². The van der Waals surface area contributed by atoms with Crippen LogP contribution in [0, 0.1) is 5.92 Å². The first-order valence-corrected chi connectivity index (χ1v) is 5.74. The van der Waals surface area contributed by atoms with Crippen LogP contribution < -0.4 is 16.4 Å². The van der Waals surface area contributed by atoms with Crippen molar-refractivity contribution >= 4 is 18.0 Å². The van der Waals surface area contributed by atoms with Crippen molar-refractivity contribution in [3.05, 3.63) is 0 Å². The largest absolute Gasteiger partial charge is 0.481 e. The fourth-order valence-electron chi connectivity index (χ4n) is 2.01. The van der Waals surface area contributed by atoms with E-state index in [1.54, 1.807) is 6.92 Å². The predicted octanol–water partition coefficient (Wildman–Crippen LogP) is -0.841. The van der Waals surface area contributed by atoms with Crippen molar-refractivity contribution in [1.29, 1.82) is 0 Å². The van der Waals surface area contributed by atoms with E-state index in [0.717, 1.165) is 0 Å². The first-order valence-electron chi connectivity index (χ1n) is 5.74. The van der Waals surface area contributed by atoms with E-state index in [2.05, 4.69) is 10.6 Å². The number of hydrogen-bond acceptors (Lipinski definition) is 3. The number of amides is 4. The van der Waals surface area contributed by atoms with E-state index >= 15 is 0 Å². The summed E-state index contributed by atoms with van der Waals surface area (Å²) in [5, 5.41) is 13.9. The van der Waals surface area contributed by atoms with Crippen LogP contribution in [0.15, 0.2) is 0 Å². The number of urea groups is 2. The third-order valence-corrected chi connectivity index (χ3v) is 3.03. The minimum atomic E-state index is -0.881. The van der Waals surface area contributed by atoms with Crippen molar-refractivity contribution in [2.45, 2.75) is 19.4 Å². The van der Waals surface area contributed by atoms with Crippen molar-refractivity contribution in [2.75, 3.05) is 19.6 Å². The number of aliphatic carboxylic acids is 1. The van der Waals surface area contributed by atoms with E-state index in [1.807, 2.05) is 0 Å². The minimum Gasteiger partial charge on any atom is -0.481 e. The van der Waals surface area contributed by atoms with Crippen molar-refractivity contribution < 1.29 is 19.5 Å². The third kappa shape index (κ3) is 3.51. The van der Waals surface area contributed by atoms with E-state index < -0.39 is 17.9 Å². The maximum Gasteiger partial charge on any atom is 0.317 e. The number of nitrogens with one attached hydrogen (secondary N) is 2. The standard InChI is InChI=1S/C10H18N4O4/c1-6-7(8(15)16)2-5-14(6)10(18)13-4-3-12-9(11)17/h6-7H,2-5H2,1H3,(H,13,18)(H,15,16)(H3,11,12,17). The molecule has 1 aliphatic heterocycles. The van der Waals surface area contributed by atoms with Crippen molar-refractivity contribution in [2.24, 2.45) is 11.7 Å². The van der Waals surface area contributed by atoms with E-state index in [9.17, 15) is 14.4 Å². The summed E-state index contributed by atoms with van der Waals surface area (Å²) in [5.41, 5.74) is 4.87. The Balaban J connectivity index is 2.35. The van der Waals surface area contributed by atoms with Crippen LogP contribution in [0.1, 0.15) is 13.3 Å². The second-order valence-corrected chi connectivity index (χ2v) is 4.19. The molecule has 0 spiro atoms. The summed E-state index contributed by atoms with van der Waals surface area (Å²) in [6.45, 7) is 2.63. The second kappa shape index (κ2) is 6.08. The highest BCUT2D eigenvalue weighted by atomic mass is 16.4. The van der Waals surface area contributed by atoms with Crippen molar-refractivity contribution in [1.82, 2.24) is 15.5 Å². The zero-order chi connectivity index (χ0) is 13.7. The van der Waals surface area contributed by atoms with Crippen LogP contribution in [0.2, 0.25) is 0 Å². The van der Waals surface area contributed by atoms with E-state index in [1.165, 1.54) is 4.90 Å². The first kappa shape index (κ1) is 14.1. The van der Waals surface area contributed by atoms with Crippen LogP contribution in [0.4, 0.5) is 9.59 Å². The van der Waals surface area contributed by atoms with Gasteiger partial charge in [-0.1, -0.05) is 0 Å². The van der Waals surface area contributed by atoms with Gasteiger partial charge >= 0.3 is 18.0 Å². The van der Waals surface area contributed by atoms with Gasteiger partial charge in [0, 0.05) is 25.7 Å². The lowest BCUT2D eigenvalue weighted by Crippen LogP contribution is -2.46. The predicted molar refractivity (Wildman–Crippen MR) is 62.9 cm³/mol. The molecule has 0 aliphatic carbocycles. The number of nitrogens with two attached hydrogens (primary N) is 1. The van der Waals surface area contributed by atoms with Gasteiger partial charge in [0.2, 0.25) is 0 Å². The Hall–Kier alpha value is -1.99. The van der Waals surface area contributed by atoms with Gasteiger partial charge in [0.15, 0.2) is 0 Å². The van der Waals surface area contributed by atoms with Crippen LogP contribution in [0.5, 0.6) is 0 Å². The molecule has 5 N–H and O–H groups in total. The number of nitrogens with zero attached hydrogens (tertiary/aromatic N) is 1. The summed E-state index contributed by atoms with van der Waals surface area (Å²) in [6.07, 6.45) is 0.462. The Morgan fingerprint density at radius 2 is 1.94 bits per heavy atom. The average Bonchev–Trinajstić information content (AvgIpc) is 2.66. The number of rotatable bonds is 4. The molecule has 1 aliphatic rings. The molecule has 2 unspecified atom stereocenters. The van der Waals surface area contributed by atoms with Gasteiger partial charge in [-0.05, 0) is 13.3 Å². The summed E-state index contributed by atoms with van der Waals surface area (Å²) in [5.74, 6) is -1.40. The maximum atomic E-state index is 11.7. The zero-order valence-electron chi connectivity index (χ0n) is 10.2. The highest BCUT2D eigenvalue weighted by molar-refractivity contribution is 5.78. The van der Waals surface area contributed by atoms with Gasteiger partial charge in [-0.2, -0.15) is 0 Å². The molecular formula is C10H18N4O4. The Labute approximate surface area is 104 Å². The Morgan fingerprint density at radius 3 is 2.44 bits per heavy atom. The second-order valence-electron chi connectivity index (χ2n) is 4.19. The first-order chi connectivity index (χ1) is 8.43. The molecule has 102 valence electrons.